The van der Waals surface area contributed by atoms with Crippen LogP contribution in [0.1, 0.15) is 22.6 Å². The van der Waals surface area contributed by atoms with E-state index in [1.165, 1.54) is 12.1 Å². The molecule has 1 aliphatic carbocycles. The lowest BCUT2D eigenvalue weighted by Crippen LogP contribution is -2.35. The van der Waals surface area contributed by atoms with Crippen LogP contribution in [-0.2, 0) is 16.0 Å². The molecule has 0 bridgehead atoms. The summed E-state index contributed by atoms with van der Waals surface area (Å²) in [5.41, 5.74) is 5.17. The number of hydrogen-bond donors (Lipinski definition) is 2. The maximum Gasteiger partial charge on any atom is 0.407 e. The van der Waals surface area contributed by atoms with E-state index in [1.807, 2.05) is 36.4 Å². The van der Waals surface area contributed by atoms with Crippen molar-refractivity contribution in [2.45, 2.75) is 12.3 Å². The minimum atomic E-state index is -1.04. The maximum atomic E-state index is 13.0. The Morgan fingerprint density at radius 3 is 2.10 bits per heavy atom. The molecule has 0 spiro atoms. The SMILES string of the molecule is O=C(NC[C@@H](Cc1ccc(F)cc1)C(=O)O)OCC1c2ccccc2-c2ccccc21. The monoisotopic (exact) mass is 419 g/mol. The van der Waals surface area contributed by atoms with Gasteiger partial charge in [0.25, 0.3) is 0 Å². The number of carboxylic acids is 1. The highest BCUT2D eigenvalue weighted by atomic mass is 19.1. The summed E-state index contributed by atoms with van der Waals surface area (Å²) in [5.74, 6) is -2.32. The molecule has 0 saturated heterocycles. The first-order valence-electron chi connectivity index (χ1n) is 10.1. The standard InChI is InChI=1S/C25H22FNO4/c26-18-11-9-16(10-12-18)13-17(24(28)29)14-27-25(30)31-15-23-21-7-3-1-5-19(21)20-6-2-4-8-22(20)23/h1-12,17,23H,13-15H2,(H,27,30)(H,28,29)/t17-/m1/s1. The lowest BCUT2D eigenvalue weighted by molar-refractivity contribution is -0.141. The van der Waals surface area contributed by atoms with Crippen molar-refractivity contribution >= 4 is 12.1 Å². The minimum Gasteiger partial charge on any atom is -0.481 e. The molecule has 31 heavy (non-hydrogen) atoms. The van der Waals surface area contributed by atoms with Gasteiger partial charge in [0.1, 0.15) is 12.4 Å². The van der Waals surface area contributed by atoms with Gasteiger partial charge in [-0.1, -0.05) is 60.7 Å². The van der Waals surface area contributed by atoms with E-state index in [0.29, 0.717) is 5.56 Å². The zero-order valence-electron chi connectivity index (χ0n) is 16.8. The van der Waals surface area contributed by atoms with E-state index in [0.717, 1.165) is 22.3 Å². The van der Waals surface area contributed by atoms with Crippen molar-refractivity contribution in [3.05, 3.63) is 95.3 Å². The van der Waals surface area contributed by atoms with E-state index < -0.39 is 18.0 Å². The van der Waals surface area contributed by atoms with E-state index in [-0.39, 0.29) is 31.3 Å². The molecule has 0 unspecified atom stereocenters. The number of alkyl carbamates (subject to hydrolysis) is 1. The molecule has 0 saturated carbocycles. The van der Waals surface area contributed by atoms with Crippen LogP contribution in [-0.4, -0.2) is 30.3 Å². The third-order valence-corrected chi connectivity index (χ3v) is 5.58. The number of hydrogen-bond acceptors (Lipinski definition) is 3. The molecule has 0 radical (unpaired) electrons. The van der Waals surface area contributed by atoms with Crippen molar-refractivity contribution in [2.75, 3.05) is 13.2 Å². The van der Waals surface area contributed by atoms with E-state index in [4.69, 9.17) is 4.74 Å². The fourth-order valence-electron chi connectivity index (χ4n) is 4.01. The van der Waals surface area contributed by atoms with Crippen LogP contribution in [0, 0.1) is 11.7 Å². The highest BCUT2D eigenvalue weighted by Gasteiger charge is 2.29. The van der Waals surface area contributed by atoms with Gasteiger partial charge in [0.2, 0.25) is 0 Å². The number of carbonyl (C=O) groups is 2. The van der Waals surface area contributed by atoms with Crippen molar-refractivity contribution in [3.63, 3.8) is 0 Å². The Kier molecular flexibility index (Phi) is 5.98. The molecule has 4 rings (SSSR count). The van der Waals surface area contributed by atoms with Crippen LogP contribution in [0.25, 0.3) is 11.1 Å². The summed E-state index contributed by atoms with van der Waals surface area (Å²) in [4.78, 5) is 23.8. The Balaban J connectivity index is 1.36. The number of halogens is 1. The molecule has 1 aliphatic rings. The molecule has 3 aromatic rings. The molecule has 0 aromatic heterocycles. The highest BCUT2D eigenvalue weighted by molar-refractivity contribution is 5.79. The van der Waals surface area contributed by atoms with Crippen molar-refractivity contribution in [1.82, 2.24) is 5.32 Å². The van der Waals surface area contributed by atoms with Crippen LogP contribution < -0.4 is 5.32 Å². The Morgan fingerprint density at radius 1 is 0.935 bits per heavy atom. The topological polar surface area (TPSA) is 75.6 Å². The van der Waals surface area contributed by atoms with Crippen LogP contribution in [0.5, 0.6) is 0 Å². The van der Waals surface area contributed by atoms with Gasteiger partial charge >= 0.3 is 12.1 Å². The molecule has 0 aliphatic heterocycles. The fraction of sp³-hybridized carbons (Fsp3) is 0.200. The van der Waals surface area contributed by atoms with Crippen molar-refractivity contribution in [3.8, 4) is 11.1 Å². The summed E-state index contributed by atoms with van der Waals surface area (Å²) in [6, 6.07) is 21.7. The van der Waals surface area contributed by atoms with Gasteiger partial charge in [-0.15, -0.1) is 0 Å². The van der Waals surface area contributed by atoms with Crippen LogP contribution in [0.2, 0.25) is 0 Å². The Labute approximate surface area is 179 Å². The molecule has 1 amide bonds. The zero-order valence-corrected chi connectivity index (χ0v) is 16.8. The first-order chi connectivity index (χ1) is 15.0. The van der Waals surface area contributed by atoms with E-state index in [2.05, 4.69) is 17.4 Å². The average Bonchev–Trinajstić information content (AvgIpc) is 3.10. The normalized spacial score (nSPS) is 13.2. The van der Waals surface area contributed by atoms with Gasteiger partial charge in [-0.3, -0.25) is 4.79 Å². The molecule has 158 valence electrons. The number of amides is 1. The molecule has 3 aromatic carbocycles. The lowest BCUT2D eigenvalue weighted by Gasteiger charge is -2.16. The van der Waals surface area contributed by atoms with Gasteiger partial charge in [-0.2, -0.15) is 0 Å². The number of carboxylic acid groups (broad SMARTS) is 1. The zero-order chi connectivity index (χ0) is 21.8. The summed E-state index contributed by atoms with van der Waals surface area (Å²) in [5, 5.41) is 12.0. The summed E-state index contributed by atoms with van der Waals surface area (Å²) < 4.78 is 18.5. The Hall–Kier alpha value is -3.67. The van der Waals surface area contributed by atoms with Gasteiger partial charge in [-0.05, 0) is 46.4 Å². The van der Waals surface area contributed by atoms with Crippen LogP contribution in [0.3, 0.4) is 0 Å². The Morgan fingerprint density at radius 2 is 1.52 bits per heavy atom. The lowest BCUT2D eigenvalue weighted by atomic mass is 9.98. The van der Waals surface area contributed by atoms with E-state index in [9.17, 15) is 19.1 Å². The quantitative estimate of drug-likeness (QED) is 0.587. The summed E-state index contributed by atoms with van der Waals surface area (Å²) in [6.07, 6.45) is -0.480. The fourth-order valence-corrected chi connectivity index (χ4v) is 4.01. The second kappa shape index (κ2) is 9.00. The molecule has 2 N–H and O–H groups in total. The molecule has 6 heteroatoms. The number of benzene rings is 3. The number of nitrogens with one attached hydrogen (secondary N) is 1. The van der Waals surface area contributed by atoms with Gasteiger partial charge in [0.15, 0.2) is 0 Å². The molecular weight excluding hydrogens is 397 g/mol. The van der Waals surface area contributed by atoms with Crippen molar-refractivity contribution in [2.24, 2.45) is 5.92 Å². The second-order valence-electron chi connectivity index (χ2n) is 7.57. The molecule has 5 nitrogen and oxygen atoms in total. The van der Waals surface area contributed by atoms with Crippen molar-refractivity contribution in [1.29, 1.82) is 0 Å². The number of carbonyl (C=O) groups excluding carboxylic acids is 1. The maximum absolute atomic E-state index is 13.0. The number of fused-ring (bicyclic) bond motifs is 3. The molecular formula is C25H22FNO4. The second-order valence-corrected chi connectivity index (χ2v) is 7.57. The van der Waals surface area contributed by atoms with Gasteiger partial charge in [0, 0.05) is 12.5 Å². The van der Waals surface area contributed by atoms with Gasteiger partial charge in [0.05, 0.1) is 5.92 Å². The number of aliphatic carboxylic acids is 1. The molecule has 1 atom stereocenters. The first kappa shape index (κ1) is 20.6. The van der Waals surface area contributed by atoms with Crippen molar-refractivity contribution < 1.29 is 23.8 Å². The third-order valence-electron chi connectivity index (χ3n) is 5.58. The number of rotatable bonds is 7. The van der Waals surface area contributed by atoms with Gasteiger partial charge < -0.3 is 15.2 Å². The molecule has 0 heterocycles. The van der Waals surface area contributed by atoms with Crippen LogP contribution in [0.4, 0.5) is 9.18 Å². The smallest absolute Gasteiger partial charge is 0.407 e. The first-order valence-corrected chi connectivity index (χ1v) is 10.1. The summed E-state index contributed by atoms with van der Waals surface area (Å²) in [6.45, 7) is 0.0823. The average molecular weight is 419 g/mol. The predicted octanol–water partition coefficient (Wildman–Crippen LogP) is 4.61. The minimum absolute atomic E-state index is 0.0624. The highest BCUT2D eigenvalue weighted by Crippen LogP contribution is 2.44. The van der Waals surface area contributed by atoms with E-state index in [1.54, 1.807) is 12.1 Å². The number of ether oxygens (including phenoxy) is 1. The van der Waals surface area contributed by atoms with Gasteiger partial charge in [-0.25, -0.2) is 9.18 Å². The van der Waals surface area contributed by atoms with E-state index >= 15 is 0 Å². The van der Waals surface area contributed by atoms with Crippen LogP contribution >= 0.6 is 0 Å². The van der Waals surface area contributed by atoms with Crippen LogP contribution in [0.15, 0.2) is 72.8 Å². The Bertz CT molecular complexity index is 1050. The molecule has 0 fully saturated rings. The third kappa shape index (κ3) is 4.58. The summed E-state index contributed by atoms with van der Waals surface area (Å²) in [7, 11) is 0. The summed E-state index contributed by atoms with van der Waals surface area (Å²) >= 11 is 0. The predicted molar refractivity (Wildman–Crippen MR) is 114 cm³/mol. The largest absolute Gasteiger partial charge is 0.481 e.